The summed E-state index contributed by atoms with van der Waals surface area (Å²) in [6.45, 7) is 3.13. The van der Waals surface area contributed by atoms with E-state index >= 15 is 0 Å². The van der Waals surface area contributed by atoms with Crippen LogP contribution in [0.3, 0.4) is 0 Å². The van der Waals surface area contributed by atoms with Crippen LogP contribution in [0.1, 0.15) is 30.1 Å². The van der Waals surface area contributed by atoms with Gasteiger partial charge in [0.1, 0.15) is 17.4 Å². The van der Waals surface area contributed by atoms with Crippen LogP contribution in [0.2, 0.25) is 0 Å². The first kappa shape index (κ1) is 16.8. The maximum atomic E-state index is 15.0. The summed E-state index contributed by atoms with van der Waals surface area (Å²) in [5, 5.41) is 19.0. The van der Waals surface area contributed by atoms with E-state index in [0.29, 0.717) is 38.0 Å². The van der Waals surface area contributed by atoms with E-state index in [2.05, 4.69) is 0 Å². The van der Waals surface area contributed by atoms with Gasteiger partial charge in [-0.2, -0.15) is 0 Å². The number of halogens is 1. The third-order valence-corrected chi connectivity index (χ3v) is 5.03. The first-order valence-electron chi connectivity index (χ1n) is 8.59. The van der Waals surface area contributed by atoms with Gasteiger partial charge >= 0.3 is 5.97 Å². The fourth-order valence-electron chi connectivity index (χ4n) is 3.80. The van der Waals surface area contributed by atoms with Crippen molar-refractivity contribution < 1.29 is 24.1 Å². The van der Waals surface area contributed by atoms with E-state index in [4.69, 9.17) is 4.74 Å². The summed E-state index contributed by atoms with van der Waals surface area (Å²) in [6.07, 6.45) is 1.65. The third-order valence-electron chi connectivity index (χ3n) is 5.03. The van der Waals surface area contributed by atoms with E-state index in [1.807, 2.05) is 11.8 Å². The molecule has 0 amide bonds. The van der Waals surface area contributed by atoms with Crippen LogP contribution in [-0.4, -0.2) is 46.0 Å². The van der Waals surface area contributed by atoms with E-state index in [1.54, 1.807) is 4.57 Å². The van der Waals surface area contributed by atoms with Crippen molar-refractivity contribution in [3.05, 3.63) is 33.9 Å². The molecule has 1 atom stereocenters. The van der Waals surface area contributed by atoms with E-state index in [0.717, 1.165) is 6.07 Å². The highest BCUT2D eigenvalue weighted by Crippen LogP contribution is 2.41. The molecule has 26 heavy (non-hydrogen) atoms. The van der Waals surface area contributed by atoms with Crippen molar-refractivity contribution in [1.29, 1.82) is 0 Å². The van der Waals surface area contributed by atoms with Crippen molar-refractivity contribution in [1.82, 2.24) is 4.57 Å². The van der Waals surface area contributed by atoms with Crippen molar-refractivity contribution in [3.63, 3.8) is 0 Å². The number of aliphatic hydroxyl groups is 1. The van der Waals surface area contributed by atoms with Gasteiger partial charge in [-0.05, 0) is 25.8 Å². The fourth-order valence-corrected chi connectivity index (χ4v) is 3.80. The van der Waals surface area contributed by atoms with Gasteiger partial charge in [-0.1, -0.05) is 0 Å². The van der Waals surface area contributed by atoms with Crippen LogP contribution in [-0.2, 0) is 6.54 Å². The number of rotatable bonds is 2. The molecule has 0 spiro atoms. The molecule has 1 fully saturated rings. The summed E-state index contributed by atoms with van der Waals surface area (Å²) in [7, 11) is 0. The number of anilines is 1. The average Bonchev–Trinajstić information content (AvgIpc) is 2.58. The van der Waals surface area contributed by atoms with Crippen LogP contribution in [0.15, 0.2) is 17.1 Å². The number of hydrogen-bond acceptors (Lipinski definition) is 5. The smallest absolute Gasteiger partial charge is 0.341 e. The van der Waals surface area contributed by atoms with Gasteiger partial charge in [-0.15, -0.1) is 0 Å². The molecular formula is C18H19FN2O5. The lowest BCUT2D eigenvalue weighted by atomic mass is 10.0. The highest BCUT2D eigenvalue weighted by atomic mass is 19.1. The average molecular weight is 362 g/mol. The second kappa shape index (κ2) is 5.98. The first-order chi connectivity index (χ1) is 12.4. The van der Waals surface area contributed by atoms with Crippen LogP contribution in [0.5, 0.6) is 5.75 Å². The minimum absolute atomic E-state index is 0.00472. The summed E-state index contributed by atoms with van der Waals surface area (Å²) in [6, 6.07) is 1.10. The Balaban J connectivity index is 1.99. The predicted octanol–water partition coefficient (Wildman–Crippen LogP) is 1.58. The number of carboxylic acids is 1. The Morgan fingerprint density at radius 2 is 2.04 bits per heavy atom. The number of nitrogens with zero attached hydrogens (tertiary/aromatic N) is 2. The van der Waals surface area contributed by atoms with Gasteiger partial charge in [0.2, 0.25) is 5.43 Å². The second-order valence-corrected chi connectivity index (χ2v) is 6.91. The van der Waals surface area contributed by atoms with Crippen LogP contribution in [0, 0.1) is 5.82 Å². The van der Waals surface area contributed by atoms with E-state index in [-0.39, 0.29) is 28.5 Å². The number of hydrogen-bond donors (Lipinski definition) is 2. The van der Waals surface area contributed by atoms with Gasteiger partial charge in [0.15, 0.2) is 11.6 Å². The van der Waals surface area contributed by atoms with E-state index < -0.39 is 23.3 Å². The molecule has 0 radical (unpaired) electrons. The largest absolute Gasteiger partial charge is 0.484 e. The highest BCUT2D eigenvalue weighted by molar-refractivity contribution is 5.97. The van der Waals surface area contributed by atoms with E-state index in [9.17, 15) is 24.2 Å². The van der Waals surface area contributed by atoms with Crippen LogP contribution < -0.4 is 15.1 Å². The summed E-state index contributed by atoms with van der Waals surface area (Å²) in [5.74, 6) is -1.69. The molecular weight excluding hydrogens is 343 g/mol. The molecule has 7 nitrogen and oxygen atoms in total. The second-order valence-electron chi connectivity index (χ2n) is 6.91. The lowest BCUT2D eigenvalue weighted by Gasteiger charge is -2.35. The molecule has 0 bridgehead atoms. The van der Waals surface area contributed by atoms with Crippen LogP contribution >= 0.6 is 0 Å². The summed E-state index contributed by atoms with van der Waals surface area (Å²) in [5.41, 5.74) is -0.415. The van der Waals surface area contributed by atoms with Gasteiger partial charge < -0.3 is 24.4 Å². The topological polar surface area (TPSA) is 92.0 Å². The number of pyridine rings is 1. The molecule has 2 aliphatic rings. The molecule has 3 heterocycles. The zero-order chi connectivity index (χ0) is 18.6. The van der Waals surface area contributed by atoms with Gasteiger partial charge in [0, 0.05) is 19.3 Å². The van der Waals surface area contributed by atoms with Gasteiger partial charge in [-0.3, -0.25) is 4.79 Å². The lowest BCUT2D eigenvalue weighted by Crippen LogP contribution is -2.38. The number of aliphatic hydroxyl groups excluding tert-OH is 1. The van der Waals surface area contributed by atoms with Crippen molar-refractivity contribution in [2.24, 2.45) is 0 Å². The SMILES string of the molecule is CC1Cn2cc(C(=O)O)c(=O)c3cc(F)c(N4CCC(O)CC4)c(c32)O1. The Hall–Kier alpha value is -2.61. The predicted molar refractivity (Wildman–Crippen MR) is 92.7 cm³/mol. The quantitative estimate of drug-likeness (QED) is 0.843. The Kier molecular flexibility index (Phi) is 3.87. The van der Waals surface area contributed by atoms with Crippen LogP contribution in [0.25, 0.3) is 10.9 Å². The number of carboxylic acid groups (broad SMARTS) is 1. The molecule has 2 aromatic rings. The minimum atomic E-state index is -1.34. The Labute approximate surface area is 148 Å². The summed E-state index contributed by atoms with van der Waals surface area (Å²) >= 11 is 0. The summed E-state index contributed by atoms with van der Waals surface area (Å²) in [4.78, 5) is 25.7. The third kappa shape index (κ3) is 2.52. The zero-order valence-electron chi connectivity index (χ0n) is 14.2. The van der Waals surface area contributed by atoms with Crippen molar-refractivity contribution in [2.75, 3.05) is 18.0 Å². The number of piperidine rings is 1. The number of benzene rings is 1. The number of aromatic carboxylic acids is 1. The maximum absolute atomic E-state index is 15.0. The van der Waals surface area contributed by atoms with Crippen molar-refractivity contribution in [3.8, 4) is 5.75 Å². The standard InChI is InChI=1S/C18H19FN2O5/c1-9-7-21-8-12(18(24)25)16(23)11-6-13(19)15(17(26-9)14(11)21)20-4-2-10(22)3-5-20/h6,8-10,22H,2-5,7H2,1H3,(H,24,25). The van der Waals surface area contributed by atoms with E-state index in [1.165, 1.54) is 6.20 Å². The molecule has 1 aromatic carbocycles. The fraction of sp³-hybridized carbons (Fsp3) is 0.444. The Morgan fingerprint density at radius 3 is 2.69 bits per heavy atom. The monoisotopic (exact) mass is 362 g/mol. The van der Waals surface area contributed by atoms with Gasteiger partial charge in [0.25, 0.3) is 0 Å². The molecule has 0 aliphatic carbocycles. The first-order valence-corrected chi connectivity index (χ1v) is 8.59. The van der Waals surface area contributed by atoms with Gasteiger partial charge in [-0.25, -0.2) is 9.18 Å². The molecule has 138 valence electrons. The Morgan fingerprint density at radius 1 is 1.35 bits per heavy atom. The normalized spacial score (nSPS) is 20.3. The maximum Gasteiger partial charge on any atom is 0.341 e. The molecule has 2 N–H and O–H groups in total. The lowest BCUT2D eigenvalue weighted by molar-refractivity contribution is 0.0694. The molecule has 1 saturated heterocycles. The summed E-state index contributed by atoms with van der Waals surface area (Å²) < 4.78 is 22.5. The van der Waals surface area contributed by atoms with Crippen molar-refractivity contribution in [2.45, 2.75) is 38.5 Å². The highest BCUT2D eigenvalue weighted by Gasteiger charge is 2.31. The molecule has 8 heteroatoms. The number of aromatic nitrogens is 1. The Bertz CT molecular complexity index is 962. The molecule has 1 unspecified atom stereocenters. The molecule has 4 rings (SSSR count). The zero-order valence-corrected chi connectivity index (χ0v) is 14.2. The minimum Gasteiger partial charge on any atom is -0.484 e. The molecule has 2 aliphatic heterocycles. The molecule has 1 aromatic heterocycles. The number of ether oxygens (including phenoxy) is 1. The van der Waals surface area contributed by atoms with Gasteiger partial charge in [0.05, 0.1) is 23.6 Å². The molecule has 0 saturated carbocycles. The van der Waals surface area contributed by atoms with Crippen molar-refractivity contribution >= 4 is 22.6 Å². The van der Waals surface area contributed by atoms with Crippen LogP contribution in [0.4, 0.5) is 10.1 Å². The number of carbonyl (C=O) groups is 1.